The molecule has 0 spiro atoms. The van der Waals surface area contributed by atoms with Gasteiger partial charge >= 0.3 is 30.4 Å². The van der Waals surface area contributed by atoms with Crippen LogP contribution in [0.25, 0.3) is 0 Å². The van der Waals surface area contributed by atoms with Crippen LogP contribution in [0.5, 0.6) is 0 Å². The van der Waals surface area contributed by atoms with Gasteiger partial charge in [0.15, 0.2) is 0 Å². The van der Waals surface area contributed by atoms with Gasteiger partial charge < -0.3 is 20.6 Å². The Bertz CT molecular complexity index is 993. The zero-order valence-corrected chi connectivity index (χ0v) is 26.3. The van der Waals surface area contributed by atoms with E-state index in [1.165, 1.54) is 0 Å². The van der Waals surface area contributed by atoms with Gasteiger partial charge in [-0.05, 0) is 97.7 Å². The fourth-order valence-corrected chi connectivity index (χ4v) is 9.46. The number of aliphatic hydroxyl groups is 3. The fraction of sp³-hybridized carbons (Fsp3) is 0.962. The van der Waals surface area contributed by atoms with Crippen molar-refractivity contribution in [3.8, 4) is 0 Å². The third kappa shape index (κ3) is 7.41. The van der Waals surface area contributed by atoms with Crippen molar-refractivity contribution in [2.24, 2.45) is 46.3 Å². The molecular formula is C26H47NO10STe. The average Bonchev–Trinajstić information content (AvgIpc) is 3.16. The molecule has 0 radical (unpaired) electrons. The summed E-state index contributed by atoms with van der Waals surface area (Å²) >= 11 is -3.61. The molecule has 0 heterocycles. The van der Waals surface area contributed by atoms with Crippen molar-refractivity contribution < 1.29 is 43.1 Å². The number of aliphatic hydroxyl groups excluding tert-OH is 3. The third-order valence-electron chi connectivity index (χ3n) is 11.0. The molecule has 7 N–H and O–H groups in total. The first-order valence-electron chi connectivity index (χ1n) is 14.1. The second-order valence-electron chi connectivity index (χ2n) is 12.9. The molecule has 0 aromatic heterocycles. The van der Waals surface area contributed by atoms with Gasteiger partial charge in [0.1, 0.15) is 0 Å². The van der Waals surface area contributed by atoms with E-state index in [2.05, 4.69) is 26.1 Å². The van der Waals surface area contributed by atoms with Crippen molar-refractivity contribution in [3.63, 3.8) is 0 Å². The Morgan fingerprint density at radius 3 is 2.31 bits per heavy atom. The zero-order valence-electron chi connectivity index (χ0n) is 23.1. The minimum absolute atomic E-state index is 0.0509. The van der Waals surface area contributed by atoms with Crippen LogP contribution >= 0.6 is 0 Å². The summed E-state index contributed by atoms with van der Waals surface area (Å²) in [6.07, 6.45) is 5.67. The molecule has 0 aromatic rings. The van der Waals surface area contributed by atoms with Gasteiger partial charge in [0.25, 0.3) is 10.1 Å². The summed E-state index contributed by atoms with van der Waals surface area (Å²) in [5.41, 5.74) is -0.254. The summed E-state index contributed by atoms with van der Waals surface area (Å²) in [4.78, 5) is 12.2. The Morgan fingerprint density at radius 2 is 1.69 bits per heavy atom. The molecule has 11 nitrogen and oxygen atoms in total. The van der Waals surface area contributed by atoms with Crippen LogP contribution in [0.15, 0.2) is 0 Å². The van der Waals surface area contributed by atoms with E-state index in [1.807, 2.05) is 0 Å². The van der Waals surface area contributed by atoms with Gasteiger partial charge in [0, 0.05) is 13.0 Å². The van der Waals surface area contributed by atoms with E-state index in [1.54, 1.807) is 0 Å². The first-order valence-corrected chi connectivity index (χ1v) is 18.7. The van der Waals surface area contributed by atoms with Gasteiger partial charge in [-0.1, -0.05) is 20.8 Å². The molecule has 4 saturated carbocycles. The number of amides is 1. The fourth-order valence-electron chi connectivity index (χ4n) is 9.10. The van der Waals surface area contributed by atoms with Crippen LogP contribution in [0, 0.1) is 46.3 Å². The standard InChI is InChI=1S/C26H45NO7S.H2O3Te/c1-15(4-7-23(31)27-10-11-35(32,33)34)18-5-6-19-24-20(14-22(30)26(18,19)3)25(2)9-8-17(28)12-16(25)13-21(24)29;1-4(2)3/h15-22,24,28-30H,4-14H2,1-3H3,(H,27,31)(H,32,33,34);(H2,1,2,3)/t15-,16?,17-,18-,19?,20?,21-,22+,24?,25+,26-;/m1./s1. The molecule has 11 atom stereocenters. The number of fused-ring (bicyclic) bond motifs is 5. The van der Waals surface area contributed by atoms with Gasteiger partial charge in [0.05, 0.1) is 24.1 Å². The summed E-state index contributed by atoms with van der Waals surface area (Å²) in [6, 6.07) is 0. The van der Waals surface area contributed by atoms with Crippen LogP contribution in [-0.4, -0.2) is 92.1 Å². The number of nitrogens with one attached hydrogen (secondary N) is 1. The molecule has 39 heavy (non-hydrogen) atoms. The van der Waals surface area contributed by atoms with Gasteiger partial charge in [0.2, 0.25) is 5.91 Å². The number of rotatable bonds is 7. The van der Waals surface area contributed by atoms with Crippen LogP contribution in [-0.2, 0) is 18.0 Å². The number of carbonyl (C=O) groups excluding carboxylic acids is 1. The zero-order chi connectivity index (χ0) is 29.3. The predicted molar refractivity (Wildman–Crippen MR) is 143 cm³/mol. The monoisotopic (exact) mass is 695 g/mol. The molecule has 4 aliphatic rings. The first kappa shape index (κ1) is 33.3. The van der Waals surface area contributed by atoms with E-state index in [0.29, 0.717) is 18.8 Å². The maximum absolute atomic E-state index is 12.2. The molecular weight excluding hydrogens is 646 g/mol. The number of hydrogen-bond donors (Lipinski definition) is 7. The topological polar surface area (TPSA) is 202 Å². The van der Waals surface area contributed by atoms with Crippen LogP contribution < -0.4 is 5.32 Å². The Hall–Kier alpha value is -0.230. The van der Waals surface area contributed by atoms with E-state index in [4.69, 9.17) is 14.6 Å². The molecule has 0 bridgehead atoms. The molecule has 1 amide bonds. The second kappa shape index (κ2) is 13.0. The van der Waals surface area contributed by atoms with E-state index in [-0.39, 0.29) is 65.4 Å². The maximum atomic E-state index is 12.2. The van der Waals surface area contributed by atoms with E-state index >= 15 is 0 Å². The van der Waals surface area contributed by atoms with Crippen molar-refractivity contribution in [1.82, 2.24) is 5.32 Å². The molecule has 13 heteroatoms. The molecule has 4 unspecified atom stereocenters. The Balaban J connectivity index is 0.000000983. The molecule has 4 aliphatic carbocycles. The van der Waals surface area contributed by atoms with Crippen molar-refractivity contribution in [2.45, 2.75) is 96.9 Å². The van der Waals surface area contributed by atoms with E-state index < -0.39 is 48.4 Å². The Kier molecular flexibility index (Phi) is 11.1. The minimum atomic E-state index is -4.10. The Morgan fingerprint density at radius 1 is 1.05 bits per heavy atom. The van der Waals surface area contributed by atoms with Gasteiger partial charge in [-0.25, -0.2) is 0 Å². The number of carbonyl (C=O) groups is 1. The second-order valence-corrected chi connectivity index (χ2v) is 15.8. The van der Waals surface area contributed by atoms with E-state index in [9.17, 15) is 28.5 Å². The normalized spacial score (nSPS) is 42.4. The summed E-state index contributed by atoms with van der Waals surface area (Å²) in [7, 11) is -4.10. The Labute approximate surface area is 239 Å². The number of hydrogen-bond acceptors (Lipinski definition) is 7. The first-order chi connectivity index (χ1) is 18.0. The van der Waals surface area contributed by atoms with Crippen LogP contribution in [0.1, 0.15) is 78.6 Å². The van der Waals surface area contributed by atoms with Crippen molar-refractivity contribution >= 4 is 36.4 Å². The van der Waals surface area contributed by atoms with Gasteiger partial charge in [-0.15, -0.1) is 0 Å². The van der Waals surface area contributed by atoms with Gasteiger partial charge in [-0.2, -0.15) is 8.42 Å². The third-order valence-corrected chi connectivity index (χ3v) is 11.7. The SMILES string of the molecule is C[C@H](CCC(=O)NCCS(=O)(=O)O)[C@H]1CCC2C3C(C[C@H](O)[C@@]21C)[C@@]1(C)CC[C@@H](O)CC1C[C@H]3O.O=[Te](O)O. The van der Waals surface area contributed by atoms with Gasteiger partial charge in [-0.3, -0.25) is 9.35 Å². The summed E-state index contributed by atoms with van der Waals surface area (Å²) in [5, 5.41) is 35.8. The molecule has 228 valence electrons. The summed E-state index contributed by atoms with van der Waals surface area (Å²) in [6.45, 7) is 6.56. The predicted octanol–water partition coefficient (Wildman–Crippen LogP) is 0.755. The van der Waals surface area contributed by atoms with Crippen LogP contribution in [0.3, 0.4) is 0 Å². The molecule has 4 fully saturated rings. The van der Waals surface area contributed by atoms with Crippen LogP contribution in [0.2, 0.25) is 0 Å². The van der Waals surface area contributed by atoms with E-state index in [0.717, 1.165) is 38.5 Å². The van der Waals surface area contributed by atoms with Crippen LogP contribution in [0.4, 0.5) is 0 Å². The average molecular weight is 693 g/mol. The summed E-state index contributed by atoms with van der Waals surface area (Å²) < 4.78 is 53.8. The summed E-state index contributed by atoms with van der Waals surface area (Å²) in [5.74, 6) is 0.705. The van der Waals surface area contributed by atoms with Crippen molar-refractivity contribution in [1.29, 1.82) is 0 Å². The molecule has 0 aromatic carbocycles. The molecule has 0 saturated heterocycles. The quantitative estimate of drug-likeness (QED) is 0.148. The molecule has 4 rings (SSSR count). The molecule has 0 aliphatic heterocycles. The van der Waals surface area contributed by atoms with Crippen molar-refractivity contribution in [2.75, 3.05) is 12.3 Å². The van der Waals surface area contributed by atoms with Crippen molar-refractivity contribution in [3.05, 3.63) is 0 Å².